The molecule has 0 bridgehead atoms. The average Bonchev–Trinajstić information content (AvgIpc) is 3.25. The van der Waals surface area contributed by atoms with Gasteiger partial charge in [0.2, 0.25) is 0 Å². The van der Waals surface area contributed by atoms with Crippen LogP contribution in [0.5, 0.6) is 0 Å². The summed E-state index contributed by atoms with van der Waals surface area (Å²) in [6.07, 6.45) is 59.1. The Balaban J connectivity index is 4.12. The van der Waals surface area contributed by atoms with Crippen LogP contribution in [0.2, 0.25) is 0 Å². The number of unbranched alkanes of at least 4 members (excludes halogenated alkanes) is 31. The molecule has 0 spiro atoms. The number of likely N-dealkylation sites (N-methyl/N-ethyl adjacent to an activating group) is 1. The molecule has 0 saturated heterocycles. The summed E-state index contributed by atoms with van der Waals surface area (Å²) in [4.78, 5) is 23.0. The molecule has 0 aliphatic carbocycles. The minimum absolute atomic E-state index is 0.0877. The predicted octanol–water partition coefficient (Wildman–Crippen LogP) is 16.9. The van der Waals surface area contributed by atoms with Crippen LogP contribution >= 0.6 is 7.82 Å². The highest BCUT2D eigenvalue weighted by molar-refractivity contribution is 7.47. The number of esters is 1. The summed E-state index contributed by atoms with van der Waals surface area (Å²) in [7, 11) is 1.67. The van der Waals surface area contributed by atoms with Crippen LogP contribution in [0.3, 0.4) is 0 Å². The van der Waals surface area contributed by atoms with Crippen LogP contribution in [-0.2, 0) is 27.9 Å². The molecule has 0 saturated carbocycles. The first-order valence-corrected chi connectivity index (χ1v) is 28.7. The quantitative estimate of drug-likeness (QED) is 0.0214. The second-order valence-electron chi connectivity index (χ2n) is 19.6. The fourth-order valence-electron chi connectivity index (χ4n) is 7.74. The minimum atomic E-state index is -4.28. The van der Waals surface area contributed by atoms with Crippen LogP contribution in [0.15, 0.2) is 36.5 Å². The third-order valence-corrected chi connectivity index (χ3v) is 12.9. The van der Waals surface area contributed by atoms with E-state index in [1.807, 2.05) is 21.1 Å². The number of phosphoric acid groups is 1. The van der Waals surface area contributed by atoms with Crippen LogP contribution in [0.4, 0.5) is 0 Å². The van der Waals surface area contributed by atoms with Crippen molar-refractivity contribution in [3.8, 4) is 0 Å². The number of phosphoric ester groups is 1. The molecule has 2 unspecified atom stereocenters. The SMILES string of the molecule is CCCCCCC/C=C\C/C=C\C/C=C\CCCCCCCCCOCC(COP(=O)(O)OCC[N+](C)(C)C)OC(=O)CCCCCCCCCCCCCCCCCCCCCC. The van der Waals surface area contributed by atoms with Crippen LogP contribution in [0.1, 0.15) is 251 Å². The Kier molecular flexibility index (Phi) is 47.2. The van der Waals surface area contributed by atoms with Gasteiger partial charge < -0.3 is 18.9 Å². The van der Waals surface area contributed by atoms with Gasteiger partial charge in [0.05, 0.1) is 34.4 Å². The summed E-state index contributed by atoms with van der Waals surface area (Å²) in [6.45, 7) is 5.63. The highest BCUT2D eigenvalue weighted by Gasteiger charge is 2.26. The first-order chi connectivity index (χ1) is 31.1. The van der Waals surface area contributed by atoms with E-state index in [4.69, 9.17) is 18.5 Å². The second kappa shape index (κ2) is 48.2. The molecule has 8 nitrogen and oxygen atoms in total. The molecule has 0 aromatic carbocycles. The zero-order chi connectivity index (χ0) is 46.9. The van der Waals surface area contributed by atoms with E-state index >= 15 is 0 Å². The molecule has 1 N–H and O–H groups in total. The van der Waals surface area contributed by atoms with E-state index in [0.29, 0.717) is 24.1 Å². The van der Waals surface area contributed by atoms with Gasteiger partial charge in [0.15, 0.2) is 0 Å². The Morgan fingerprint density at radius 3 is 1.28 bits per heavy atom. The number of rotatable bonds is 51. The zero-order valence-corrected chi connectivity index (χ0v) is 43.9. The maximum absolute atomic E-state index is 12.8. The normalized spacial score (nSPS) is 13.8. The maximum atomic E-state index is 12.8. The number of carbonyl (C=O) groups is 1. The topological polar surface area (TPSA) is 91.3 Å². The van der Waals surface area contributed by atoms with Crippen molar-refractivity contribution in [1.29, 1.82) is 0 Å². The Morgan fingerprint density at radius 1 is 0.484 bits per heavy atom. The summed E-state index contributed by atoms with van der Waals surface area (Å²) >= 11 is 0. The first-order valence-electron chi connectivity index (χ1n) is 27.2. The van der Waals surface area contributed by atoms with Gasteiger partial charge in [-0.15, -0.1) is 0 Å². The van der Waals surface area contributed by atoms with Gasteiger partial charge in [0, 0.05) is 13.0 Å². The summed E-state index contributed by atoms with van der Waals surface area (Å²) in [5.74, 6) is -0.312. The Hall–Kier alpha value is -1.28. The molecule has 0 aliphatic heterocycles. The third kappa shape index (κ3) is 51.7. The van der Waals surface area contributed by atoms with Crippen LogP contribution in [0, 0.1) is 0 Å². The largest absolute Gasteiger partial charge is 0.472 e. The zero-order valence-electron chi connectivity index (χ0n) is 43.0. The number of hydrogen-bond donors (Lipinski definition) is 1. The number of nitrogens with zero attached hydrogens (tertiary/aromatic N) is 1. The molecule has 0 aromatic rings. The predicted molar refractivity (Wildman–Crippen MR) is 275 cm³/mol. The molecule has 0 radical (unpaired) electrons. The average molecular weight is 925 g/mol. The highest BCUT2D eigenvalue weighted by atomic mass is 31.2. The lowest BCUT2D eigenvalue weighted by molar-refractivity contribution is -0.870. The monoisotopic (exact) mass is 925 g/mol. The fourth-order valence-corrected chi connectivity index (χ4v) is 8.48. The van der Waals surface area contributed by atoms with Crippen molar-refractivity contribution in [2.45, 2.75) is 258 Å². The van der Waals surface area contributed by atoms with Gasteiger partial charge in [-0.05, 0) is 51.4 Å². The number of quaternary nitrogens is 1. The molecule has 0 amide bonds. The molecule has 64 heavy (non-hydrogen) atoms. The lowest BCUT2D eigenvalue weighted by Crippen LogP contribution is -2.37. The fraction of sp³-hybridized carbons (Fsp3) is 0.873. The Labute approximate surface area is 397 Å². The van der Waals surface area contributed by atoms with Crippen molar-refractivity contribution in [2.24, 2.45) is 0 Å². The molecule has 0 rings (SSSR count). The molecule has 0 aliphatic rings. The van der Waals surface area contributed by atoms with Crippen molar-refractivity contribution in [3.05, 3.63) is 36.5 Å². The van der Waals surface area contributed by atoms with Gasteiger partial charge in [-0.25, -0.2) is 4.57 Å². The van der Waals surface area contributed by atoms with Crippen molar-refractivity contribution >= 4 is 13.8 Å². The number of carbonyl (C=O) groups excluding carboxylic acids is 1. The molecule has 9 heteroatoms. The summed E-state index contributed by atoms with van der Waals surface area (Å²) < 4.78 is 35.2. The smallest absolute Gasteiger partial charge is 0.457 e. The molecular weight excluding hydrogens is 818 g/mol. The Bertz CT molecular complexity index is 1120. The van der Waals surface area contributed by atoms with Crippen LogP contribution in [-0.4, -0.2) is 75.6 Å². The van der Waals surface area contributed by atoms with Gasteiger partial charge >= 0.3 is 13.8 Å². The van der Waals surface area contributed by atoms with E-state index < -0.39 is 13.9 Å². The van der Waals surface area contributed by atoms with E-state index in [2.05, 4.69) is 50.3 Å². The summed E-state index contributed by atoms with van der Waals surface area (Å²) in [5.41, 5.74) is 0. The highest BCUT2D eigenvalue weighted by Crippen LogP contribution is 2.43. The van der Waals surface area contributed by atoms with E-state index in [9.17, 15) is 14.3 Å². The van der Waals surface area contributed by atoms with E-state index in [0.717, 1.165) is 51.4 Å². The lowest BCUT2D eigenvalue weighted by Gasteiger charge is -2.24. The number of hydrogen-bond acceptors (Lipinski definition) is 6. The minimum Gasteiger partial charge on any atom is -0.457 e. The molecule has 0 fully saturated rings. The van der Waals surface area contributed by atoms with Crippen molar-refractivity contribution in [2.75, 3.05) is 54.1 Å². The second-order valence-corrected chi connectivity index (χ2v) is 21.1. The summed E-state index contributed by atoms with van der Waals surface area (Å²) in [6, 6.07) is 0. The number of ether oxygens (including phenoxy) is 2. The van der Waals surface area contributed by atoms with Gasteiger partial charge in [-0.3, -0.25) is 13.8 Å². The Morgan fingerprint density at radius 2 is 0.859 bits per heavy atom. The number of allylic oxidation sites excluding steroid dienone is 6. The van der Waals surface area contributed by atoms with Gasteiger partial charge in [0.25, 0.3) is 0 Å². The molecule has 0 heterocycles. The standard InChI is InChI=1S/C55H106NO7P/c1-6-8-10-12-14-16-18-20-22-24-26-28-29-31-33-35-37-39-41-43-45-47-50-60-52-54(53-62-64(58,59)61-51-49-56(3,4)5)63-55(57)48-46-44-42-40-38-36-34-32-30-27-25-23-21-19-17-15-13-11-9-7-2/h18,20,24,26,29,31,54H,6-17,19,21-23,25,27-28,30,32-53H2,1-5H3/p+1/b20-18-,26-24-,31-29-. The van der Waals surface area contributed by atoms with Crippen molar-refractivity contribution in [1.82, 2.24) is 0 Å². The van der Waals surface area contributed by atoms with Gasteiger partial charge in [-0.1, -0.05) is 230 Å². The van der Waals surface area contributed by atoms with Crippen LogP contribution in [0.25, 0.3) is 0 Å². The van der Waals surface area contributed by atoms with E-state index in [1.54, 1.807) is 0 Å². The van der Waals surface area contributed by atoms with E-state index in [-0.39, 0.29) is 25.8 Å². The van der Waals surface area contributed by atoms with Crippen molar-refractivity contribution in [3.63, 3.8) is 0 Å². The maximum Gasteiger partial charge on any atom is 0.472 e. The molecule has 0 aromatic heterocycles. The van der Waals surface area contributed by atoms with Crippen molar-refractivity contribution < 1.29 is 37.3 Å². The third-order valence-electron chi connectivity index (χ3n) is 12.0. The van der Waals surface area contributed by atoms with E-state index in [1.165, 1.54) is 180 Å². The molecule has 2 atom stereocenters. The van der Waals surface area contributed by atoms with Crippen LogP contribution < -0.4 is 0 Å². The first kappa shape index (κ1) is 62.7. The summed E-state index contributed by atoms with van der Waals surface area (Å²) in [5, 5.41) is 0. The van der Waals surface area contributed by atoms with Gasteiger partial charge in [0.1, 0.15) is 19.3 Å². The molecular formula is C55H107NO7P+. The molecule has 378 valence electrons. The van der Waals surface area contributed by atoms with Gasteiger partial charge in [-0.2, -0.15) is 0 Å². The lowest BCUT2D eigenvalue weighted by atomic mass is 10.0.